The third kappa shape index (κ3) is 2.37. The molecule has 15 heavy (non-hydrogen) atoms. The first kappa shape index (κ1) is 10.6. The summed E-state index contributed by atoms with van der Waals surface area (Å²) in [6.07, 6.45) is 3.92. The van der Waals surface area contributed by atoms with Crippen LogP contribution in [0.25, 0.3) is 0 Å². The molecule has 0 saturated heterocycles. The highest BCUT2D eigenvalue weighted by Crippen LogP contribution is 2.31. The number of rotatable bonds is 2. The zero-order valence-electron chi connectivity index (χ0n) is 9.17. The Kier molecular flexibility index (Phi) is 3.05. The van der Waals surface area contributed by atoms with Crippen LogP contribution in [0, 0.1) is 5.92 Å². The Morgan fingerprint density at radius 1 is 1.67 bits per heavy atom. The molecule has 1 heterocycles. The van der Waals surface area contributed by atoms with Crippen molar-refractivity contribution < 1.29 is 4.79 Å². The summed E-state index contributed by atoms with van der Waals surface area (Å²) in [7, 11) is 0. The van der Waals surface area contributed by atoms with Crippen molar-refractivity contribution in [3.63, 3.8) is 0 Å². The number of nitrogens with zero attached hydrogens (tertiary/aromatic N) is 1. The van der Waals surface area contributed by atoms with E-state index in [4.69, 9.17) is 0 Å². The van der Waals surface area contributed by atoms with Gasteiger partial charge in [0.2, 0.25) is 5.91 Å². The molecule has 1 atom stereocenters. The molecule has 0 fully saturated rings. The van der Waals surface area contributed by atoms with Crippen molar-refractivity contribution in [2.24, 2.45) is 5.92 Å². The van der Waals surface area contributed by atoms with Gasteiger partial charge in [-0.25, -0.2) is 4.98 Å². The number of anilines is 1. The van der Waals surface area contributed by atoms with Crippen LogP contribution < -0.4 is 5.32 Å². The van der Waals surface area contributed by atoms with E-state index in [1.807, 2.05) is 6.92 Å². The molecule has 2 rings (SSSR count). The van der Waals surface area contributed by atoms with Crippen molar-refractivity contribution in [2.45, 2.75) is 39.5 Å². The van der Waals surface area contributed by atoms with E-state index in [1.54, 1.807) is 11.3 Å². The molecule has 0 unspecified atom stereocenters. The number of amides is 1. The van der Waals surface area contributed by atoms with E-state index in [2.05, 4.69) is 17.2 Å². The molecule has 1 aliphatic rings. The molecule has 0 bridgehead atoms. The van der Waals surface area contributed by atoms with Gasteiger partial charge in [0.1, 0.15) is 0 Å². The predicted octanol–water partition coefficient (Wildman–Crippen LogP) is 2.62. The van der Waals surface area contributed by atoms with E-state index in [-0.39, 0.29) is 5.91 Å². The second kappa shape index (κ2) is 4.31. The number of aryl methyl sites for hydroxylation is 1. The molecular weight excluding hydrogens is 208 g/mol. The summed E-state index contributed by atoms with van der Waals surface area (Å²) in [5.74, 6) is 0.807. The molecule has 1 aromatic heterocycles. The molecule has 0 spiro atoms. The van der Waals surface area contributed by atoms with Crippen molar-refractivity contribution in [1.29, 1.82) is 0 Å². The number of aromatic nitrogens is 1. The van der Waals surface area contributed by atoms with Crippen LogP contribution >= 0.6 is 11.3 Å². The van der Waals surface area contributed by atoms with Gasteiger partial charge >= 0.3 is 0 Å². The van der Waals surface area contributed by atoms with E-state index in [1.165, 1.54) is 17.0 Å². The minimum Gasteiger partial charge on any atom is -0.302 e. The quantitative estimate of drug-likeness (QED) is 0.839. The lowest BCUT2D eigenvalue weighted by atomic mass is 9.93. The first-order valence-electron chi connectivity index (χ1n) is 5.47. The van der Waals surface area contributed by atoms with Crippen molar-refractivity contribution >= 4 is 22.4 Å². The standard InChI is InChI=1S/C11H16N2OS/c1-3-10(14)13-11-12-8-5-4-7(2)6-9(8)15-11/h7H,3-6H2,1-2H3,(H,12,13,14)/t7-/m1/s1. The van der Waals surface area contributed by atoms with Crippen LogP contribution in [0.5, 0.6) is 0 Å². The summed E-state index contributed by atoms with van der Waals surface area (Å²) < 4.78 is 0. The highest BCUT2D eigenvalue weighted by molar-refractivity contribution is 7.15. The van der Waals surface area contributed by atoms with Crippen LogP contribution in [-0.2, 0) is 17.6 Å². The number of nitrogens with one attached hydrogen (secondary N) is 1. The van der Waals surface area contributed by atoms with E-state index < -0.39 is 0 Å². The van der Waals surface area contributed by atoms with Crippen LogP contribution in [0.4, 0.5) is 5.13 Å². The highest BCUT2D eigenvalue weighted by Gasteiger charge is 2.19. The zero-order chi connectivity index (χ0) is 10.8. The van der Waals surface area contributed by atoms with Gasteiger partial charge in [0.25, 0.3) is 0 Å². The fraction of sp³-hybridized carbons (Fsp3) is 0.636. The molecule has 1 N–H and O–H groups in total. The molecule has 0 saturated carbocycles. The predicted molar refractivity (Wildman–Crippen MR) is 62.2 cm³/mol. The third-order valence-corrected chi connectivity index (χ3v) is 3.79. The van der Waals surface area contributed by atoms with Crippen LogP contribution in [0.3, 0.4) is 0 Å². The van der Waals surface area contributed by atoms with Crippen molar-refractivity contribution in [3.8, 4) is 0 Å². The number of carbonyl (C=O) groups is 1. The average Bonchev–Trinajstić information content (AvgIpc) is 2.59. The molecular formula is C11H16N2OS. The van der Waals surface area contributed by atoms with Crippen LogP contribution in [0.2, 0.25) is 0 Å². The van der Waals surface area contributed by atoms with Gasteiger partial charge in [-0.2, -0.15) is 0 Å². The Labute approximate surface area is 93.9 Å². The fourth-order valence-corrected chi connectivity index (χ4v) is 2.99. The van der Waals surface area contributed by atoms with E-state index in [9.17, 15) is 4.79 Å². The summed E-state index contributed by atoms with van der Waals surface area (Å²) in [4.78, 5) is 17.0. The van der Waals surface area contributed by atoms with Crippen LogP contribution in [0.1, 0.15) is 37.3 Å². The maximum absolute atomic E-state index is 11.2. The Morgan fingerprint density at radius 2 is 2.47 bits per heavy atom. The summed E-state index contributed by atoms with van der Waals surface area (Å²) in [5.41, 5.74) is 1.20. The molecule has 1 aliphatic carbocycles. The van der Waals surface area contributed by atoms with Gasteiger partial charge in [0.15, 0.2) is 5.13 Å². The second-order valence-electron chi connectivity index (χ2n) is 4.14. The van der Waals surface area contributed by atoms with Crippen LogP contribution in [-0.4, -0.2) is 10.9 Å². The first-order chi connectivity index (χ1) is 7.19. The second-order valence-corrected chi connectivity index (χ2v) is 5.22. The van der Waals surface area contributed by atoms with E-state index in [0.717, 1.165) is 23.9 Å². The molecule has 0 radical (unpaired) electrons. The number of thiazole rings is 1. The van der Waals surface area contributed by atoms with E-state index in [0.29, 0.717) is 6.42 Å². The Morgan fingerprint density at radius 3 is 3.20 bits per heavy atom. The van der Waals surface area contributed by atoms with Gasteiger partial charge in [-0.15, -0.1) is 11.3 Å². The van der Waals surface area contributed by atoms with Gasteiger partial charge in [-0.1, -0.05) is 13.8 Å². The largest absolute Gasteiger partial charge is 0.302 e. The molecule has 82 valence electrons. The molecule has 1 amide bonds. The number of hydrogen-bond acceptors (Lipinski definition) is 3. The number of carbonyl (C=O) groups excluding carboxylic acids is 1. The van der Waals surface area contributed by atoms with Gasteiger partial charge < -0.3 is 5.32 Å². The van der Waals surface area contributed by atoms with Gasteiger partial charge in [-0.05, 0) is 25.2 Å². The van der Waals surface area contributed by atoms with Crippen molar-refractivity contribution in [3.05, 3.63) is 10.6 Å². The number of fused-ring (bicyclic) bond motifs is 1. The van der Waals surface area contributed by atoms with E-state index >= 15 is 0 Å². The fourth-order valence-electron chi connectivity index (χ4n) is 1.80. The smallest absolute Gasteiger partial charge is 0.225 e. The minimum absolute atomic E-state index is 0.0501. The Hall–Kier alpha value is -0.900. The molecule has 0 aliphatic heterocycles. The lowest BCUT2D eigenvalue weighted by Gasteiger charge is -2.15. The molecule has 0 aromatic carbocycles. The Balaban J connectivity index is 2.12. The normalized spacial score (nSPS) is 19.7. The molecule has 3 nitrogen and oxygen atoms in total. The average molecular weight is 224 g/mol. The Bertz CT molecular complexity index is 373. The molecule has 1 aromatic rings. The van der Waals surface area contributed by atoms with Gasteiger partial charge in [0, 0.05) is 11.3 Å². The lowest BCUT2D eigenvalue weighted by Crippen LogP contribution is -2.10. The lowest BCUT2D eigenvalue weighted by molar-refractivity contribution is -0.115. The van der Waals surface area contributed by atoms with Crippen LogP contribution in [0.15, 0.2) is 0 Å². The minimum atomic E-state index is 0.0501. The van der Waals surface area contributed by atoms with Gasteiger partial charge in [0.05, 0.1) is 5.69 Å². The maximum Gasteiger partial charge on any atom is 0.225 e. The SMILES string of the molecule is CCC(=O)Nc1nc2c(s1)C[C@H](C)CC2. The van der Waals surface area contributed by atoms with Crippen molar-refractivity contribution in [1.82, 2.24) is 4.98 Å². The first-order valence-corrected chi connectivity index (χ1v) is 6.29. The third-order valence-electron chi connectivity index (χ3n) is 2.75. The zero-order valence-corrected chi connectivity index (χ0v) is 9.99. The van der Waals surface area contributed by atoms with Crippen molar-refractivity contribution in [2.75, 3.05) is 5.32 Å². The van der Waals surface area contributed by atoms with Gasteiger partial charge in [-0.3, -0.25) is 4.79 Å². The summed E-state index contributed by atoms with van der Waals surface area (Å²) in [5, 5.41) is 3.61. The summed E-state index contributed by atoms with van der Waals surface area (Å²) in [6, 6.07) is 0. The molecule has 4 heteroatoms. The monoisotopic (exact) mass is 224 g/mol. The number of hydrogen-bond donors (Lipinski definition) is 1. The summed E-state index contributed by atoms with van der Waals surface area (Å²) >= 11 is 1.64. The maximum atomic E-state index is 11.2. The topological polar surface area (TPSA) is 42.0 Å². The highest BCUT2D eigenvalue weighted by atomic mass is 32.1. The summed E-state index contributed by atoms with van der Waals surface area (Å²) in [6.45, 7) is 4.12.